The van der Waals surface area contributed by atoms with Crippen molar-refractivity contribution in [2.24, 2.45) is 0 Å². The van der Waals surface area contributed by atoms with Crippen LogP contribution in [0.2, 0.25) is 0 Å². The predicted molar refractivity (Wildman–Crippen MR) is 106 cm³/mol. The Kier molecular flexibility index (Phi) is 5.23. The van der Waals surface area contributed by atoms with Crippen LogP contribution in [0.1, 0.15) is 32.1 Å². The highest BCUT2D eigenvalue weighted by atomic mass is 19.1. The molecule has 1 aromatic carbocycles. The maximum absolute atomic E-state index is 13.5. The third-order valence-electron chi connectivity index (χ3n) is 5.41. The van der Waals surface area contributed by atoms with E-state index in [0.717, 1.165) is 50.5 Å². The van der Waals surface area contributed by atoms with Crippen molar-refractivity contribution in [2.45, 2.75) is 38.1 Å². The maximum Gasteiger partial charge on any atom is 0.128 e. The highest BCUT2D eigenvalue weighted by Gasteiger charge is 2.21. The second-order valence-electron chi connectivity index (χ2n) is 7.36. The molecular formula is C21H27FN4. The van der Waals surface area contributed by atoms with Crippen LogP contribution in [0.4, 0.5) is 21.6 Å². The Balaban J connectivity index is 1.42. The van der Waals surface area contributed by atoms with Gasteiger partial charge >= 0.3 is 0 Å². The number of benzene rings is 1. The summed E-state index contributed by atoms with van der Waals surface area (Å²) in [6.07, 6.45) is 8.00. The van der Waals surface area contributed by atoms with Crippen molar-refractivity contribution in [3.05, 3.63) is 48.4 Å². The van der Waals surface area contributed by atoms with E-state index in [0.29, 0.717) is 6.04 Å². The van der Waals surface area contributed by atoms with Crippen LogP contribution in [0.25, 0.3) is 0 Å². The quantitative estimate of drug-likeness (QED) is 0.887. The van der Waals surface area contributed by atoms with Gasteiger partial charge in [-0.1, -0.05) is 6.07 Å². The van der Waals surface area contributed by atoms with E-state index in [1.165, 1.54) is 31.0 Å². The molecule has 1 aromatic heterocycles. The van der Waals surface area contributed by atoms with Gasteiger partial charge in [0.15, 0.2) is 0 Å². The molecule has 0 amide bonds. The Hall–Kier alpha value is -2.30. The largest absolute Gasteiger partial charge is 0.371 e. The molecule has 5 heteroatoms. The molecule has 1 atom stereocenters. The van der Waals surface area contributed by atoms with E-state index >= 15 is 0 Å². The van der Waals surface area contributed by atoms with Gasteiger partial charge in [-0.3, -0.25) is 0 Å². The summed E-state index contributed by atoms with van der Waals surface area (Å²) < 4.78 is 13.5. The lowest BCUT2D eigenvalue weighted by molar-refractivity contribution is 0.527. The molecule has 2 aliphatic heterocycles. The minimum absolute atomic E-state index is 0.173. The van der Waals surface area contributed by atoms with Crippen LogP contribution < -0.4 is 15.1 Å². The van der Waals surface area contributed by atoms with Crippen molar-refractivity contribution in [2.75, 3.05) is 41.3 Å². The topological polar surface area (TPSA) is 31.4 Å². The molecule has 0 unspecified atom stereocenters. The lowest BCUT2D eigenvalue weighted by Gasteiger charge is -2.35. The first-order valence-electron chi connectivity index (χ1n) is 9.76. The van der Waals surface area contributed by atoms with Gasteiger partial charge in [0.05, 0.1) is 0 Å². The zero-order valence-corrected chi connectivity index (χ0v) is 15.2. The van der Waals surface area contributed by atoms with Crippen molar-refractivity contribution in [3.63, 3.8) is 0 Å². The zero-order valence-electron chi connectivity index (χ0n) is 15.2. The molecule has 2 fully saturated rings. The summed E-state index contributed by atoms with van der Waals surface area (Å²) in [5.41, 5.74) is 2.23. The van der Waals surface area contributed by atoms with Crippen LogP contribution in [-0.2, 0) is 0 Å². The lowest BCUT2D eigenvalue weighted by Crippen LogP contribution is -2.42. The summed E-state index contributed by atoms with van der Waals surface area (Å²) in [6.45, 7) is 4.13. The second-order valence-corrected chi connectivity index (χ2v) is 7.36. The normalized spacial score (nSPS) is 20.9. The fraction of sp³-hybridized carbons (Fsp3) is 0.476. The van der Waals surface area contributed by atoms with Gasteiger partial charge < -0.3 is 15.1 Å². The molecule has 2 aromatic rings. The number of piperidine rings is 2. The summed E-state index contributed by atoms with van der Waals surface area (Å²) in [6, 6.07) is 11.5. The number of nitrogens with one attached hydrogen (secondary N) is 1. The van der Waals surface area contributed by atoms with E-state index in [4.69, 9.17) is 0 Å². The van der Waals surface area contributed by atoms with Crippen LogP contribution in [0.5, 0.6) is 0 Å². The van der Waals surface area contributed by atoms with E-state index in [2.05, 4.69) is 32.2 Å². The molecule has 0 bridgehead atoms. The molecule has 0 spiro atoms. The second kappa shape index (κ2) is 7.94. The molecule has 3 heterocycles. The van der Waals surface area contributed by atoms with Crippen molar-refractivity contribution >= 4 is 17.2 Å². The molecule has 26 heavy (non-hydrogen) atoms. The first-order chi connectivity index (χ1) is 12.8. The first kappa shape index (κ1) is 17.1. The summed E-state index contributed by atoms with van der Waals surface area (Å²) in [5.74, 6) is 0.771. The Morgan fingerprint density at radius 3 is 2.58 bits per heavy atom. The Morgan fingerprint density at radius 1 is 0.923 bits per heavy atom. The molecule has 138 valence electrons. The smallest absolute Gasteiger partial charge is 0.128 e. The fourth-order valence-electron chi connectivity index (χ4n) is 4.06. The van der Waals surface area contributed by atoms with Gasteiger partial charge in [0.2, 0.25) is 0 Å². The van der Waals surface area contributed by atoms with Gasteiger partial charge in [-0.05, 0) is 56.4 Å². The summed E-state index contributed by atoms with van der Waals surface area (Å²) in [4.78, 5) is 9.24. The number of halogens is 1. The minimum Gasteiger partial charge on any atom is -0.371 e. The van der Waals surface area contributed by atoms with E-state index in [-0.39, 0.29) is 5.82 Å². The van der Waals surface area contributed by atoms with Gasteiger partial charge in [0.1, 0.15) is 11.6 Å². The molecule has 0 radical (unpaired) electrons. The van der Waals surface area contributed by atoms with Crippen molar-refractivity contribution in [1.82, 2.24) is 4.98 Å². The Bertz CT molecular complexity index is 729. The molecule has 0 saturated carbocycles. The van der Waals surface area contributed by atoms with Crippen molar-refractivity contribution < 1.29 is 4.39 Å². The first-order valence-corrected chi connectivity index (χ1v) is 9.76. The summed E-state index contributed by atoms with van der Waals surface area (Å²) >= 11 is 0. The molecule has 4 nitrogen and oxygen atoms in total. The van der Waals surface area contributed by atoms with E-state index in [1.807, 2.05) is 12.3 Å². The number of nitrogens with zero attached hydrogens (tertiary/aromatic N) is 3. The summed E-state index contributed by atoms with van der Waals surface area (Å²) in [5, 5.41) is 3.60. The average molecular weight is 354 g/mol. The predicted octanol–water partition coefficient (Wildman–Crippen LogP) is 4.29. The number of aromatic nitrogens is 1. The van der Waals surface area contributed by atoms with Crippen LogP contribution >= 0.6 is 0 Å². The van der Waals surface area contributed by atoms with E-state index in [1.54, 1.807) is 12.1 Å². The summed E-state index contributed by atoms with van der Waals surface area (Å²) in [7, 11) is 0. The van der Waals surface area contributed by atoms with E-state index in [9.17, 15) is 4.39 Å². The third-order valence-corrected chi connectivity index (χ3v) is 5.41. The van der Waals surface area contributed by atoms with Gasteiger partial charge in [-0.15, -0.1) is 0 Å². The van der Waals surface area contributed by atoms with Gasteiger partial charge in [0, 0.05) is 55.9 Å². The third kappa shape index (κ3) is 4.09. The number of hydrogen-bond donors (Lipinski definition) is 1. The highest BCUT2D eigenvalue weighted by molar-refractivity contribution is 5.55. The van der Waals surface area contributed by atoms with Crippen LogP contribution in [-0.4, -0.2) is 37.2 Å². The fourth-order valence-corrected chi connectivity index (χ4v) is 4.06. The molecule has 0 aliphatic carbocycles. The van der Waals surface area contributed by atoms with Gasteiger partial charge in [0.25, 0.3) is 0 Å². The Morgan fingerprint density at radius 2 is 1.73 bits per heavy atom. The molecule has 2 saturated heterocycles. The molecule has 1 N–H and O–H groups in total. The Labute approximate surface area is 155 Å². The monoisotopic (exact) mass is 354 g/mol. The standard InChI is InChI=1S/C21H27FN4/c22-17-6-4-8-19(14-17)26-13-5-7-18(16-26)24-21-15-20(9-10-23-21)25-11-2-1-3-12-25/h4,6,8-10,14-15,18H,1-3,5,7,11-13,16H2,(H,23,24)/t18-/m0/s1. The van der Waals surface area contributed by atoms with Crippen LogP contribution in [0.15, 0.2) is 42.6 Å². The lowest BCUT2D eigenvalue weighted by atomic mass is 10.0. The number of rotatable bonds is 4. The van der Waals surface area contributed by atoms with Crippen LogP contribution in [0.3, 0.4) is 0 Å². The van der Waals surface area contributed by atoms with Gasteiger partial charge in [-0.25, -0.2) is 9.37 Å². The van der Waals surface area contributed by atoms with Crippen molar-refractivity contribution in [3.8, 4) is 0 Å². The zero-order chi connectivity index (χ0) is 17.8. The van der Waals surface area contributed by atoms with Crippen molar-refractivity contribution in [1.29, 1.82) is 0 Å². The number of anilines is 3. The van der Waals surface area contributed by atoms with Gasteiger partial charge in [-0.2, -0.15) is 0 Å². The number of hydrogen-bond acceptors (Lipinski definition) is 4. The molecular weight excluding hydrogens is 327 g/mol. The molecule has 2 aliphatic rings. The van der Waals surface area contributed by atoms with E-state index < -0.39 is 0 Å². The van der Waals surface area contributed by atoms with Crippen LogP contribution in [0, 0.1) is 5.82 Å². The average Bonchev–Trinajstić information content (AvgIpc) is 2.69. The molecule has 4 rings (SSSR count). The maximum atomic E-state index is 13.5. The minimum atomic E-state index is -0.173. The highest BCUT2D eigenvalue weighted by Crippen LogP contribution is 2.25. The SMILES string of the molecule is Fc1cccc(N2CCC[C@H](Nc3cc(N4CCCCC4)ccn3)C2)c1. The number of pyridine rings is 1.